The van der Waals surface area contributed by atoms with Gasteiger partial charge in [0.1, 0.15) is 11.6 Å². The van der Waals surface area contributed by atoms with Crippen molar-refractivity contribution in [3.63, 3.8) is 0 Å². The summed E-state index contributed by atoms with van der Waals surface area (Å²) in [7, 11) is -3.00. The molecule has 0 fully saturated rings. The van der Waals surface area contributed by atoms with Gasteiger partial charge in [0.25, 0.3) is 0 Å². The van der Waals surface area contributed by atoms with Crippen molar-refractivity contribution in [2.45, 2.75) is 19.2 Å². The van der Waals surface area contributed by atoms with E-state index in [0.717, 1.165) is 12.2 Å². The molecule has 14 heavy (non-hydrogen) atoms. The SMILES string of the molecule is CCNCc1cnc(CS(C)(=O)=O)[nH]1. The third-order valence-electron chi connectivity index (χ3n) is 1.65. The smallest absolute Gasteiger partial charge is 0.154 e. The summed E-state index contributed by atoms with van der Waals surface area (Å²) in [5.41, 5.74) is 0.908. The number of rotatable bonds is 5. The van der Waals surface area contributed by atoms with Gasteiger partial charge in [-0.25, -0.2) is 13.4 Å². The van der Waals surface area contributed by atoms with E-state index in [1.165, 1.54) is 6.26 Å². The molecule has 0 aliphatic carbocycles. The highest BCUT2D eigenvalue weighted by Gasteiger charge is 2.07. The van der Waals surface area contributed by atoms with Crippen molar-refractivity contribution < 1.29 is 8.42 Å². The molecule has 2 N–H and O–H groups in total. The van der Waals surface area contributed by atoms with Gasteiger partial charge in [0, 0.05) is 24.7 Å². The minimum Gasteiger partial charge on any atom is -0.344 e. The average molecular weight is 217 g/mol. The van der Waals surface area contributed by atoms with Gasteiger partial charge in [-0.05, 0) is 6.54 Å². The Balaban J connectivity index is 2.59. The Morgan fingerprint density at radius 2 is 2.29 bits per heavy atom. The number of imidazole rings is 1. The number of nitrogens with one attached hydrogen (secondary N) is 2. The molecule has 0 unspecified atom stereocenters. The van der Waals surface area contributed by atoms with Gasteiger partial charge in [0.05, 0.1) is 0 Å². The van der Waals surface area contributed by atoms with Crippen LogP contribution in [-0.2, 0) is 22.1 Å². The largest absolute Gasteiger partial charge is 0.344 e. The molecule has 0 aliphatic rings. The molecule has 1 aromatic heterocycles. The fourth-order valence-corrected chi connectivity index (χ4v) is 1.72. The van der Waals surface area contributed by atoms with E-state index in [4.69, 9.17) is 0 Å². The van der Waals surface area contributed by atoms with Crippen molar-refractivity contribution in [3.8, 4) is 0 Å². The zero-order valence-corrected chi connectivity index (χ0v) is 9.19. The molecule has 0 aliphatic heterocycles. The number of aromatic nitrogens is 2. The Bertz CT molecular complexity index is 383. The van der Waals surface area contributed by atoms with Gasteiger partial charge >= 0.3 is 0 Å². The van der Waals surface area contributed by atoms with Crippen LogP contribution in [0.25, 0.3) is 0 Å². The molecule has 0 spiro atoms. The van der Waals surface area contributed by atoms with Crippen LogP contribution in [0.1, 0.15) is 18.4 Å². The van der Waals surface area contributed by atoms with Crippen LogP contribution in [0.2, 0.25) is 0 Å². The molecule has 0 radical (unpaired) electrons. The summed E-state index contributed by atoms with van der Waals surface area (Å²) in [6, 6.07) is 0. The maximum Gasteiger partial charge on any atom is 0.154 e. The highest BCUT2D eigenvalue weighted by atomic mass is 32.2. The monoisotopic (exact) mass is 217 g/mol. The summed E-state index contributed by atoms with van der Waals surface area (Å²) in [6.07, 6.45) is 2.85. The van der Waals surface area contributed by atoms with Crippen LogP contribution < -0.4 is 5.32 Å². The van der Waals surface area contributed by atoms with E-state index < -0.39 is 9.84 Å². The topological polar surface area (TPSA) is 74.8 Å². The van der Waals surface area contributed by atoms with Crippen molar-refractivity contribution in [3.05, 3.63) is 17.7 Å². The zero-order chi connectivity index (χ0) is 10.6. The molecule has 0 saturated carbocycles. The van der Waals surface area contributed by atoms with Crippen LogP contribution in [0.15, 0.2) is 6.20 Å². The Morgan fingerprint density at radius 1 is 1.57 bits per heavy atom. The fourth-order valence-electron chi connectivity index (χ4n) is 1.08. The van der Waals surface area contributed by atoms with E-state index in [2.05, 4.69) is 15.3 Å². The predicted molar refractivity (Wildman–Crippen MR) is 54.5 cm³/mol. The van der Waals surface area contributed by atoms with Gasteiger partial charge in [0.2, 0.25) is 0 Å². The molecular formula is C8H15N3O2S. The second-order valence-corrected chi connectivity index (χ2v) is 5.35. The van der Waals surface area contributed by atoms with Crippen LogP contribution in [0.5, 0.6) is 0 Å². The first-order valence-electron chi connectivity index (χ1n) is 4.42. The number of hydrogen-bond donors (Lipinski definition) is 2. The van der Waals surface area contributed by atoms with Crippen LogP contribution in [-0.4, -0.2) is 31.2 Å². The highest BCUT2D eigenvalue weighted by molar-refractivity contribution is 7.89. The zero-order valence-electron chi connectivity index (χ0n) is 8.37. The second-order valence-electron chi connectivity index (χ2n) is 3.21. The Hall–Kier alpha value is -0.880. The molecule has 0 saturated heterocycles. The molecule has 5 nitrogen and oxygen atoms in total. The summed E-state index contributed by atoms with van der Waals surface area (Å²) in [5.74, 6) is 0.472. The number of hydrogen-bond acceptors (Lipinski definition) is 4. The molecular weight excluding hydrogens is 202 g/mol. The molecule has 1 aromatic rings. The minimum absolute atomic E-state index is 0.0286. The van der Waals surface area contributed by atoms with E-state index in [9.17, 15) is 8.42 Å². The maximum atomic E-state index is 10.9. The quantitative estimate of drug-likeness (QED) is 0.731. The summed E-state index contributed by atoms with van der Waals surface area (Å²) >= 11 is 0. The van der Waals surface area contributed by atoms with Gasteiger partial charge in [0.15, 0.2) is 9.84 Å². The Morgan fingerprint density at radius 3 is 2.86 bits per heavy atom. The standard InChI is InChI=1S/C8H15N3O2S/c1-3-9-4-7-5-10-8(11-7)6-14(2,12)13/h5,9H,3-4,6H2,1-2H3,(H,10,11). The lowest BCUT2D eigenvalue weighted by molar-refractivity contribution is 0.600. The average Bonchev–Trinajstić information content (AvgIpc) is 2.46. The van der Waals surface area contributed by atoms with E-state index in [-0.39, 0.29) is 5.75 Å². The van der Waals surface area contributed by atoms with Crippen LogP contribution in [0, 0.1) is 0 Å². The second kappa shape index (κ2) is 4.56. The van der Waals surface area contributed by atoms with Crippen molar-refractivity contribution in [2.24, 2.45) is 0 Å². The van der Waals surface area contributed by atoms with Gasteiger partial charge in [-0.15, -0.1) is 0 Å². The molecule has 1 heterocycles. The number of nitrogens with zero attached hydrogens (tertiary/aromatic N) is 1. The Kier molecular flexibility index (Phi) is 3.65. The third kappa shape index (κ3) is 3.89. The number of sulfone groups is 1. The molecule has 0 atom stereocenters. The van der Waals surface area contributed by atoms with Crippen LogP contribution in [0.3, 0.4) is 0 Å². The molecule has 6 heteroatoms. The third-order valence-corrected chi connectivity index (χ3v) is 2.44. The highest BCUT2D eigenvalue weighted by Crippen LogP contribution is 2.01. The molecule has 1 rings (SSSR count). The van der Waals surface area contributed by atoms with E-state index in [1.54, 1.807) is 6.20 Å². The first-order valence-corrected chi connectivity index (χ1v) is 6.48. The molecule has 0 amide bonds. The van der Waals surface area contributed by atoms with E-state index >= 15 is 0 Å². The van der Waals surface area contributed by atoms with Crippen molar-refractivity contribution in [1.82, 2.24) is 15.3 Å². The van der Waals surface area contributed by atoms with E-state index in [0.29, 0.717) is 12.4 Å². The lowest BCUT2D eigenvalue weighted by Crippen LogP contribution is -2.12. The molecule has 0 bridgehead atoms. The lowest BCUT2D eigenvalue weighted by Gasteiger charge is -1.97. The van der Waals surface area contributed by atoms with Gasteiger partial charge < -0.3 is 10.3 Å². The summed E-state index contributed by atoms with van der Waals surface area (Å²) < 4.78 is 21.9. The van der Waals surface area contributed by atoms with Crippen molar-refractivity contribution in [1.29, 1.82) is 0 Å². The first-order chi connectivity index (χ1) is 6.51. The van der Waals surface area contributed by atoms with Crippen LogP contribution in [0.4, 0.5) is 0 Å². The van der Waals surface area contributed by atoms with Crippen LogP contribution >= 0.6 is 0 Å². The first kappa shape index (κ1) is 11.2. The minimum atomic E-state index is -3.00. The van der Waals surface area contributed by atoms with Gasteiger partial charge in [-0.2, -0.15) is 0 Å². The van der Waals surface area contributed by atoms with Gasteiger partial charge in [-0.3, -0.25) is 0 Å². The van der Waals surface area contributed by atoms with Crippen molar-refractivity contribution >= 4 is 9.84 Å². The summed E-state index contributed by atoms with van der Waals surface area (Å²) in [5, 5.41) is 3.12. The Labute approximate surface area is 83.9 Å². The summed E-state index contributed by atoms with van der Waals surface area (Å²) in [4.78, 5) is 6.93. The lowest BCUT2D eigenvalue weighted by atomic mass is 10.5. The summed E-state index contributed by atoms with van der Waals surface area (Å²) in [6.45, 7) is 3.57. The van der Waals surface area contributed by atoms with E-state index in [1.807, 2.05) is 6.92 Å². The molecule has 80 valence electrons. The predicted octanol–water partition coefficient (Wildman–Crippen LogP) is 0.0638. The number of aromatic amines is 1. The fraction of sp³-hybridized carbons (Fsp3) is 0.625. The van der Waals surface area contributed by atoms with Gasteiger partial charge in [-0.1, -0.05) is 6.92 Å². The number of H-pyrrole nitrogens is 1. The molecule has 0 aromatic carbocycles. The maximum absolute atomic E-state index is 10.9. The van der Waals surface area contributed by atoms with Crippen molar-refractivity contribution in [2.75, 3.05) is 12.8 Å². The normalized spacial score (nSPS) is 11.9.